The average Bonchev–Trinajstić information content (AvgIpc) is 2.50. The van der Waals surface area contributed by atoms with Gasteiger partial charge < -0.3 is 0 Å². The molecule has 0 amide bonds. The molecule has 0 aromatic heterocycles. The average molecular weight is 258 g/mol. The van der Waals surface area contributed by atoms with Crippen molar-refractivity contribution in [3.63, 3.8) is 0 Å². The molecular formula is C18H26O. The Balaban J connectivity index is 2.88. The van der Waals surface area contributed by atoms with Gasteiger partial charge in [0.05, 0.1) is 0 Å². The summed E-state index contributed by atoms with van der Waals surface area (Å²) in [4.78, 5) is 11.4. The van der Waals surface area contributed by atoms with Crippen LogP contribution >= 0.6 is 0 Å². The Labute approximate surface area is 117 Å². The molecular weight excluding hydrogens is 232 g/mol. The Morgan fingerprint density at radius 3 is 2.32 bits per heavy atom. The summed E-state index contributed by atoms with van der Waals surface area (Å²) in [6, 6.07) is 2.25. The van der Waals surface area contributed by atoms with Crippen LogP contribution in [-0.2, 0) is 10.8 Å². The smallest absolute Gasteiger partial charge is 0.150 e. The number of rotatable bonds is 2. The Kier molecular flexibility index (Phi) is 3.16. The van der Waals surface area contributed by atoms with Gasteiger partial charge in [0.1, 0.15) is 0 Å². The van der Waals surface area contributed by atoms with Crippen LogP contribution in [0.5, 0.6) is 0 Å². The minimum atomic E-state index is 0.175. The SMILES string of the molecule is CCC1(C)c2c(cc(C)c(C=O)c2C)C(C)(C)C1C. The lowest BCUT2D eigenvalue weighted by Gasteiger charge is -2.35. The summed E-state index contributed by atoms with van der Waals surface area (Å²) in [5.41, 5.74) is 6.44. The second kappa shape index (κ2) is 4.19. The van der Waals surface area contributed by atoms with E-state index in [1.807, 2.05) is 0 Å². The van der Waals surface area contributed by atoms with Gasteiger partial charge in [0.15, 0.2) is 6.29 Å². The molecule has 1 aliphatic rings. The van der Waals surface area contributed by atoms with Crippen LogP contribution in [0.15, 0.2) is 6.07 Å². The fraction of sp³-hybridized carbons (Fsp3) is 0.611. The molecule has 1 aromatic carbocycles. The number of hydrogen-bond donors (Lipinski definition) is 0. The zero-order valence-corrected chi connectivity index (χ0v) is 13.3. The standard InChI is InChI=1S/C18H26O/c1-8-18(7)13(4)17(5,6)15-9-11(2)14(10-19)12(3)16(15)18/h9-10,13H,8H2,1-7H3. The lowest BCUT2D eigenvalue weighted by Crippen LogP contribution is -2.33. The first-order valence-electron chi connectivity index (χ1n) is 7.32. The van der Waals surface area contributed by atoms with Gasteiger partial charge in [-0.3, -0.25) is 4.79 Å². The summed E-state index contributed by atoms with van der Waals surface area (Å²) in [6.45, 7) is 15.9. The lowest BCUT2D eigenvalue weighted by molar-refractivity contribution is 0.112. The van der Waals surface area contributed by atoms with Crippen molar-refractivity contribution in [2.75, 3.05) is 0 Å². The molecule has 0 fully saturated rings. The van der Waals surface area contributed by atoms with Gasteiger partial charge in [-0.25, -0.2) is 0 Å². The third-order valence-electron chi connectivity index (χ3n) is 5.99. The van der Waals surface area contributed by atoms with E-state index in [2.05, 4.69) is 54.5 Å². The maximum absolute atomic E-state index is 11.4. The maximum atomic E-state index is 11.4. The number of hydrogen-bond acceptors (Lipinski definition) is 1. The van der Waals surface area contributed by atoms with Crippen molar-refractivity contribution in [2.24, 2.45) is 5.92 Å². The minimum Gasteiger partial charge on any atom is -0.298 e. The van der Waals surface area contributed by atoms with Crippen LogP contribution in [0.2, 0.25) is 0 Å². The first-order chi connectivity index (χ1) is 8.71. The highest BCUT2D eigenvalue weighted by Gasteiger charge is 2.51. The van der Waals surface area contributed by atoms with Crippen LogP contribution in [0.3, 0.4) is 0 Å². The molecule has 19 heavy (non-hydrogen) atoms. The van der Waals surface area contributed by atoms with Gasteiger partial charge in [-0.05, 0) is 59.3 Å². The van der Waals surface area contributed by atoms with Crippen molar-refractivity contribution in [2.45, 2.75) is 65.7 Å². The van der Waals surface area contributed by atoms with Crippen LogP contribution in [0.1, 0.15) is 73.7 Å². The predicted octanol–water partition coefficient (Wildman–Crippen LogP) is 4.71. The van der Waals surface area contributed by atoms with Crippen LogP contribution < -0.4 is 0 Å². The molecule has 1 aromatic rings. The molecule has 1 heteroatoms. The second-order valence-electron chi connectivity index (χ2n) is 6.99. The van der Waals surface area contributed by atoms with Gasteiger partial charge in [-0.15, -0.1) is 0 Å². The van der Waals surface area contributed by atoms with Crippen LogP contribution in [-0.4, -0.2) is 6.29 Å². The summed E-state index contributed by atoms with van der Waals surface area (Å²) >= 11 is 0. The van der Waals surface area contributed by atoms with Gasteiger partial charge in [0, 0.05) is 5.56 Å². The highest BCUT2D eigenvalue weighted by molar-refractivity contribution is 5.81. The van der Waals surface area contributed by atoms with E-state index in [0.29, 0.717) is 5.92 Å². The molecule has 104 valence electrons. The molecule has 0 bridgehead atoms. The quantitative estimate of drug-likeness (QED) is 0.702. The molecule has 0 radical (unpaired) electrons. The zero-order valence-electron chi connectivity index (χ0n) is 13.3. The minimum absolute atomic E-state index is 0.175. The van der Waals surface area contributed by atoms with Gasteiger partial charge in [-0.2, -0.15) is 0 Å². The van der Waals surface area contributed by atoms with Gasteiger partial charge >= 0.3 is 0 Å². The topological polar surface area (TPSA) is 17.1 Å². The first kappa shape index (κ1) is 14.3. The fourth-order valence-corrected chi connectivity index (χ4v) is 4.15. The summed E-state index contributed by atoms with van der Waals surface area (Å²) in [5.74, 6) is 0.583. The molecule has 1 aliphatic carbocycles. The van der Waals surface area contributed by atoms with Crippen LogP contribution in [0.4, 0.5) is 0 Å². The number of carbonyl (C=O) groups excluding carboxylic acids is 1. The molecule has 2 rings (SSSR count). The number of aryl methyl sites for hydroxylation is 1. The van der Waals surface area contributed by atoms with Gasteiger partial charge in [0.25, 0.3) is 0 Å². The molecule has 0 aliphatic heterocycles. The molecule has 0 saturated carbocycles. The molecule has 0 N–H and O–H groups in total. The predicted molar refractivity (Wildman–Crippen MR) is 81.1 cm³/mol. The van der Waals surface area contributed by atoms with E-state index >= 15 is 0 Å². The van der Waals surface area contributed by atoms with Crippen molar-refractivity contribution in [1.82, 2.24) is 0 Å². The second-order valence-corrected chi connectivity index (χ2v) is 6.99. The van der Waals surface area contributed by atoms with E-state index in [1.165, 1.54) is 16.7 Å². The highest BCUT2D eigenvalue weighted by atomic mass is 16.1. The molecule has 0 heterocycles. The Hall–Kier alpha value is -1.11. The van der Waals surface area contributed by atoms with E-state index < -0.39 is 0 Å². The van der Waals surface area contributed by atoms with Gasteiger partial charge in [0.2, 0.25) is 0 Å². The summed E-state index contributed by atoms with van der Waals surface area (Å²) in [7, 11) is 0. The van der Waals surface area contributed by atoms with Crippen LogP contribution in [0, 0.1) is 19.8 Å². The monoisotopic (exact) mass is 258 g/mol. The first-order valence-corrected chi connectivity index (χ1v) is 7.32. The highest BCUT2D eigenvalue weighted by Crippen LogP contribution is 2.56. The van der Waals surface area contributed by atoms with E-state index in [0.717, 1.165) is 23.8 Å². The zero-order chi connectivity index (χ0) is 14.6. The van der Waals surface area contributed by atoms with Gasteiger partial charge in [-0.1, -0.05) is 40.7 Å². The molecule has 0 saturated heterocycles. The maximum Gasteiger partial charge on any atom is 0.150 e. The third-order valence-corrected chi connectivity index (χ3v) is 5.99. The Morgan fingerprint density at radius 2 is 1.84 bits per heavy atom. The lowest BCUT2D eigenvalue weighted by atomic mass is 9.68. The molecule has 1 nitrogen and oxygen atoms in total. The normalized spacial score (nSPS) is 28.3. The van der Waals surface area contributed by atoms with Crippen molar-refractivity contribution in [3.8, 4) is 0 Å². The largest absolute Gasteiger partial charge is 0.298 e. The van der Waals surface area contributed by atoms with Crippen molar-refractivity contribution in [3.05, 3.63) is 33.9 Å². The van der Waals surface area contributed by atoms with Crippen molar-refractivity contribution >= 4 is 6.29 Å². The summed E-state index contributed by atoms with van der Waals surface area (Å²) in [5, 5.41) is 0. The number of aldehydes is 1. The summed E-state index contributed by atoms with van der Waals surface area (Å²) in [6.07, 6.45) is 2.14. The van der Waals surface area contributed by atoms with E-state index in [4.69, 9.17) is 0 Å². The van der Waals surface area contributed by atoms with Crippen LogP contribution in [0.25, 0.3) is 0 Å². The number of carbonyl (C=O) groups is 1. The molecule has 2 atom stereocenters. The molecule has 2 unspecified atom stereocenters. The van der Waals surface area contributed by atoms with E-state index in [9.17, 15) is 4.79 Å². The summed E-state index contributed by atoms with van der Waals surface area (Å²) < 4.78 is 0. The number of fused-ring (bicyclic) bond motifs is 1. The fourth-order valence-electron chi connectivity index (χ4n) is 4.15. The van der Waals surface area contributed by atoms with E-state index in [1.54, 1.807) is 0 Å². The Morgan fingerprint density at radius 1 is 1.26 bits per heavy atom. The number of benzene rings is 1. The van der Waals surface area contributed by atoms with E-state index in [-0.39, 0.29) is 10.8 Å². The molecule has 0 spiro atoms. The third kappa shape index (κ3) is 1.63. The Bertz CT molecular complexity index is 539. The van der Waals surface area contributed by atoms with Crippen molar-refractivity contribution < 1.29 is 4.79 Å². The van der Waals surface area contributed by atoms with Crippen molar-refractivity contribution in [1.29, 1.82) is 0 Å².